The van der Waals surface area contributed by atoms with E-state index in [1.165, 1.54) is 35.3 Å². The van der Waals surface area contributed by atoms with Crippen LogP contribution in [0.1, 0.15) is 22.3 Å². The highest BCUT2D eigenvalue weighted by atomic mass is 19.1. The number of halogens is 1. The molecule has 0 aliphatic heterocycles. The molecule has 2 aromatic carbocycles. The molecule has 1 heterocycles. The van der Waals surface area contributed by atoms with E-state index in [4.69, 9.17) is 0 Å². The summed E-state index contributed by atoms with van der Waals surface area (Å²) < 4.78 is 14.2. The molecule has 0 spiro atoms. The number of aliphatic hydroxyl groups excluding tert-OH is 1. The lowest BCUT2D eigenvalue weighted by molar-refractivity contribution is 0.101. The van der Waals surface area contributed by atoms with E-state index in [0.717, 1.165) is 5.56 Å². The van der Waals surface area contributed by atoms with Crippen molar-refractivity contribution in [3.63, 3.8) is 0 Å². The van der Waals surface area contributed by atoms with Crippen LogP contribution >= 0.6 is 0 Å². The molecule has 0 bridgehead atoms. The zero-order chi connectivity index (χ0) is 16.9. The van der Waals surface area contributed by atoms with Crippen LogP contribution in [0, 0.1) is 5.82 Å². The van der Waals surface area contributed by atoms with Crippen molar-refractivity contribution in [3.8, 4) is 0 Å². The van der Waals surface area contributed by atoms with Gasteiger partial charge in [-0.25, -0.2) is 14.1 Å². The van der Waals surface area contributed by atoms with Crippen LogP contribution in [-0.2, 0) is 6.54 Å². The maximum absolute atomic E-state index is 12.8. The quantitative estimate of drug-likeness (QED) is 0.754. The molecule has 7 heteroatoms. The minimum Gasteiger partial charge on any atom is -0.386 e. The molecule has 3 aromatic rings. The van der Waals surface area contributed by atoms with Crippen LogP contribution in [0.3, 0.4) is 0 Å². The van der Waals surface area contributed by atoms with Gasteiger partial charge in [-0.2, -0.15) is 0 Å². The molecule has 0 aliphatic carbocycles. The Morgan fingerprint density at radius 2 is 1.88 bits per heavy atom. The Hall–Kier alpha value is -3.06. The fraction of sp³-hybridized carbons (Fsp3) is 0.118. The summed E-state index contributed by atoms with van der Waals surface area (Å²) in [7, 11) is 0. The smallest absolute Gasteiger partial charge is 0.295 e. The van der Waals surface area contributed by atoms with Crippen LogP contribution < -0.4 is 5.32 Å². The third-order valence-electron chi connectivity index (χ3n) is 3.39. The number of aliphatic hydroxyl groups is 1. The number of hydrogen-bond donors (Lipinski definition) is 2. The normalized spacial score (nSPS) is 11.9. The van der Waals surface area contributed by atoms with Crippen molar-refractivity contribution in [2.24, 2.45) is 0 Å². The Labute approximate surface area is 137 Å². The summed E-state index contributed by atoms with van der Waals surface area (Å²) >= 11 is 0. The van der Waals surface area contributed by atoms with Crippen LogP contribution in [0.4, 0.5) is 10.1 Å². The topological polar surface area (TPSA) is 80.0 Å². The molecule has 1 amide bonds. The van der Waals surface area contributed by atoms with Gasteiger partial charge in [-0.15, -0.1) is 5.10 Å². The van der Waals surface area contributed by atoms with E-state index in [2.05, 4.69) is 15.4 Å². The van der Waals surface area contributed by atoms with Crippen molar-refractivity contribution >= 4 is 11.6 Å². The summed E-state index contributed by atoms with van der Waals surface area (Å²) in [5, 5.41) is 16.8. The van der Waals surface area contributed by atoms with E-state index in [-0.39, 0.29) is 18.2 Å². The summed E-state index contributed by atoms with van der Waals surface area (Å²) in [6.45, 7) is 0.181. The lowest BCUT2D eigenvalue weighted by Crippen LogP contribution is -2.15. The predicted molar refractivity (Wildman–Crippen MR) is 85.8 cm³/mol. The van der Waals surface area contributed by atoms with Crippen molar-refractivity contribution in [2.75, 3.05) is 5.32 Å². The van der Waals surface area contributed by atoms with Crippen molar-refractivity contribution in [1.82, 2.24) is 14.8 Å². The molecule has 0 saturated heterocycles. The number of nitrogens with one attached hydrogen (secondary N) is 1. The van der Waals surface area contributed by atoms with Crippen molar-refractivity contribution in [3.05, 3.63) is 78.1 Å². The van der Waals surface area contributed by atoms with Gasteiger partial charge in [0.2, 0.25) is 5.82 Å². The molecule has 0 aliphatic rings. The second-order valence-corrected chi connectivity index (χ2v) is 5.18. The van der Waals surface area contributed by atoms with Crippen molar-refractivity contribution in [1.29, 1.82) is 0 Å². The maximum Gasteiger partial charge on any atom is 0.295 e. The number of aromatic nitrogens is 3. The monoisotopic (exact) mass is 326 g/mol. The largest absolute Gasteiger partial charge is 0.386 e. The van der Waals surface area contributed by atoms with Gasteiger partial charge in [0.1, 0.15) is 12.1 Å². The van der Waals surface area contributed by atoms with Gasteiger partial charge in [0.15, 0.2) is 0 Å². The van der Waals surface area contributed by atoms with Crippen LogP contribution in [0.25, 0.3) is 0 Å². The fourth-order valence-corrected chi connectivity index (χ4v) is 2.16. The number of benzene rings is 2. The van der Waals surface area contributed by atoms with Crippen LogP contribution in [0.15, 0.2) is 60.9 Å². The number of nitrogens with zero attached hydrogens (tertiary/aromatic N) is 3. The van der Waals surface area contributed by atoms with Gasteiger partial charge in [-0.3, -0.25) is 4.79 Å². The van der Waals surface area contributed by atoms with Crippen molar-refractivity contribution < 1.29 is 14.3 Å². The second kappa shape index (κ2) is 7.01. The van der Waals surface area contributed by atoms with E-state index in [1.54, 1.807) is 0 Å². The Morgan fingerprint density at radius 3 is 2.58 bits per heavy atom. The van der Waals surface area contributed by atoms with Gasteiger partial charge in [-0.05, 0) is 29.8 Å². The molecule has 122 valence electrons. The molecule has 0 fully saturated rings. The van der Waals surface area contributed by atoms with Crippen LogP contribution in [-0.4, -0.2) is 25.8 Å². The fourth-order valence-electron chi connectivity index (χ4n) is 2.16. The van der Waals surface area contributed by atoms with Crippen LogP contribution in [0.2, 0.25) is 0 Å². The molecular weight excluding hydrogens is 311 g/mol. The van der Waals surface area contributed by atoms with E-state index in [0.29, 0.717) is 5.69 Å². The summed E-state index contributed by atoms with van der Waals surface area (Å²) in [5.41, 5.74) is 1.20. The summed E-state index contributed by atoms with van der Waals surface area (Å²) in [6, 6.07) is 14.5. The summed E-state index contributed by atoms with van der Waals surface area (Å²) in [5.74, 6) is -0.917. The zero-order valence-corrected chi connectivity index (χ0v) is 12.6. The molecule has 1 aromatic heterocycles. The number of carbonyl (C=O) groups is 1. The molecule has 3 rings (SSSR count). The Morgan fingerprint density at radius 1 is 1.17 bits per heavy atom. The molecule has 0 unspecified atom stereocenters. The third-order valence-corrected chi connectivity index (χ3v) is 3.39. The van der Waals surface area contributed by atoms with Crippen LogP contribution in [0.5, 0.6) is 0 Å². The predicted octanol–water partition coefficient (Wildman–Crippen LogP) is 2.40. The van der Waals surface area contributed by atoms with Crippen molar-refractivity contribution in [2.45, 2.75) is 12.6 Å². The Kier molecular flexibility index (Phi) is 4.62. The number of carbonyl (C=O) groups excluding carboxylic acids is 1. The highest BCUT2D eigenvalue weighted by Gasteiger charge is 2.14. The third kappa shape index (κ3) is 3.82. The summed E-state index contributed by atoms with van der Waals surface area (Å²) in [6.07, 6.45) is 0.632. The van der Waals surface area contributed by atoms with Gasteiger partial charge in [0.05, 0.1) is 12.6 Å². The molecule has 2 N–H and O–H groups in total. The first-order chi connectivity index (χ1) is 11.6. The van der Waals surface area contributed by atoms with Gasteiger partial charge < -0.3 is 10.4 Å². The Bertz CT molecular complexity index is 818. The summed E-state index contributed by atoms with van der Waals surface area (Å²) in [4.78, 5) is 16.0. The number of amides is 1. The van der Waals surface area contributed by atoms with Gasteiger partial charge in [0.25, 0.3) is 5.91 Å². The number of hydrogen-bond acceptors (Lipinski definition) is 4. The number of anilines is 1. The highest BCUT2D eigenvalue weighted by molar-refractivity contribution is 6.01. The molecule has 1 atom stereocenters. The molecule has 24 heavy (non-hydrogen) atoms. The average molecular weight is 326 g/mol. The molecule has 6 nitrogen and oxygen atoms in total. The zero-order valence-electron chi connectivity index (χ0n) is 12.6. The molecule has 0 saturated carbocycles. The minimum atomic E-state index is -0.749. The first-order valence-corrected chi connectivity index (χ1v) is 7.31. The van der Waals surface area contributed by atoms with Gasteiger partial charge in [-0.1, -0.05) is 30.3 Å². The lowest BCUT2D eigenvalue weighted by Gasteiger charge is -2.10. The van der Waals surface area contributed by atoms with E-state index < -0.39 is 12.0 Å². The lowest BCUT2D eigenvalue weighted by atomic mass is 10.1. The standard InChI is InChI=1S/C17H15FN4O2/c18-13-6-8-14(9-7-13)20-17(24)16-19-11-22(21-16)10-15(23)12-4-2-1-3-5-12/h1-9,11,15,23H,10H2,(H,20,24)/t15-/m0/s1. The van der Waals surface area contributed by atoms with E-state index in [1.807, 2.05) is 30.3 Å². The first kappa shape index (κ1) is 15.8. The Balaban J connectivity index is 1.64. The first-order valence-electron chi connectivity index (χ1n) is 7.31. The SMILES string of the molecule is O=C(Nc1ccc(F)cc1)c1ncn(C[C@H](O)c2ccccc2)n1. The molecule has 0 radical (unpaired) electrons. The van der Waals surface area contributed by atoms with E-state index in [9.17, 15) is 14.3 Å². The number of rotatable bonds is 5. The average Bonchev–Trinajstić information content (AvgIpc) is 3.06. The van der Waals surface area contributed by atoms with E-state index >= 15 is 0 Å². The maximum atomic E-state index is 12.8. The minimum absolute atomic E-state index is 0.0282. The van der Waals surface area contributed by atoms with Gasteiger partial charge >= 0.3 is 0 Å². The van der Waals surface area contributed by atoms with Gasteiger partial charge in [0, 0.05) is 5.69 Å². The molecular formula is C17H15FN4O2. The second-order valence-electron chi connectivity index (χ2n) is 5.18. The highest BCUT2D eigenvalue weighted by Crippen LogP contribution is 2.14.